The summed E-state index contributed by atoms with van der Waals surface area (Å²) in [4.78, 5) is 0. The fourth-order valence-electron chi connectivity index (χ4n) is 1.04. The number of aliphatic hydroxyl groups excluding tert-OH is 1. The molecule has 0 unspecified atom stereocenters. The normalized spacial score (nSPS) is 13.9. The molecule has 3 N–H and O–H groups in total. The summed E-state index contributed by atoms with van der Waals surface area (Å²) in [7, 11) is -4.60. The van der Waals surface area contributed by atoms with Gasteiger partial charge < -0.3 is 10.2 Å². The molecule has 6 heteroatoms. The smallest absolute Gasteiger partial charge is 0.296 e. The Balaban J connectivity index is 3.28. The van der Waals surface area contributed by atoms with Gasteiger partial charge in [0.1, 0.15) is 5.75 Å². The van der Waals surface area contributed by atoms with Crippen molar-refractivity contribution in [2.24, 2.45) is 0 Å². The van der Waals surface area contributed by atoms with E-state index in [9.17, 15) is 13.5 Å². The third-order valence-electron chi connectivity index (χ3n) is 1.82. The highest BCUT2D eigenvalue weighted by atomic mass is 32.2. The molecule has 0 heterocycles. The summed E-state index contributed by atoms with van der Waals surface area (Å²) in [6.07, 6.45) is 0. The number of aliphatic hydroxyl groups is 1. The van der Waals surface area contributed by atoms with Gasteiger partial charge in [0.15, 0.2) is 0 Å². The Hall–Kier alpha value is -1.11. The van der Waals surface area contributed by atoms with Crippen LogP contribution in [0.15, 0.2) is 18.2 Å². The molecule has 0 bridgehead atoms. The van der Waals surface area contributed by atoms with Gasteiger partial charge in [-0.3, -0.25) is 4.55 Å². The second kappa shape index (κ2) is 3.56. The lowest BCUT2D eigenvalue weighted by Crippen LogP contribution is -2.11. The van der Waals surface area contributed by atoms with Crippen LogP contribution in [-0.2, 0) is 10.1 Å². The van der Waals surface area contributed by atoms with Gasteiger partial charge in [-0.1, -0.05) is 18.2 Å². The molecule has 0 aliphatic carbocycles. The van der Waals surface area contributed by atoms with Gasteiger partial charge in [-0.15, -0.1) is 0 Å². The van der Waals surface area contributed by atoms with Crippen molar-refractivity contribution >= 4 is 10.1 Å². The molecule has 0 saturated heterocycles. The summed E-state index contributed by atoms with van der Waals surface area (Å²) in [6.45, 7) is 1.55. The van der Waals surface area contributed by atoms with Crippen LogP contribution in [0, 0.1) is 6.92 Å². The van der Waals surface area contributed by atoms with Crippen molar-refractivity contribution in [1.82, 2.24) is 0 Å². The number of hydrogen-bond donors (Lipinski definition) is 3. The van der Waals surface area contributed by atoms with Crippen molar-refractivity contribution in [3.8, 4) is 5.75 Å². The van der Waals surface area contributed by atoms with Crippen LogP contribution in [-0.4, -0.2) is 23.2 Å². The molecule has 1 aromatic rings. The standard InChI is InChI=1S/C8H10O5S/c1-5-3-2-4-6(7(5)9)8(10)14(11,12)13/h2-4,8-10H,1H3,(H,11,12,13)/t8-/m0/s1. The van der Waals surface area contributed by atoms with Gasteiger partial charge in [0.25, 0.3) is 10.1 Å². The summed E-state index contributed by atoms with van der Waals surface area (Å²) >= 11 is 0. The molecule has 0 aliphatic heterocycles. The number of aromatic hydroxyl groups is 1. The Kier molecular flexibility index (Phi) is 2.79. The first-order chi connectivity index (χ1) is 6.34. The van der Waals surface area contributed by atoms with Gasteiger partial charge in [0, 0.05) is 5.56 Å². The summed E-state index contributed by atoms with van der Waals surface area (Å²) in [5, 5.41) is 18.6. The lowest BCUT2D eigenvalue weighted by atomic mass is 10.1. The molecule has 1 rings (SSSR count). The van der Waals surface area contributed by atoms with Crippen LogP contribution >= 0.6 is 0 Å². The van der Waals surface area contributed by atoms with E-state index in [0.29, 0.717) is 5.56 Å². The highest BCUT2D eigenvalue weighted by Gasteiger charge is 2.25. The first kappa shape index (κ1) is 11.0. The number of benzene rings is 1. The Morgan fingerprint density at radius 3 is 2.43 bits per heavy atom. The molecule has 0 amide bonds. The molecular weight excluding hydrogens is 208 g/mol. The average molecular weight is 218 g/mol. The van der Waals surface area contributed by atoms with E-state index in [1.165, 1.54) is 12.1 Å². The van der Waals surface area contributed by atoms with Crippen molar-refractivity contribution in [3.05, 3.63) is 29.3 Å². The highest BCUT2D eigenvalue weighted by molar-refractivity contribution is 7.85. The third-order valence-corrected chi connectivity index (χ3v) is 2.64. The predicted molar refractivity (Wildman–Crippen MR) is 49.4 cm³/mol. The number of phenols is 1. The molecule has 0 fully saturated rings. The van der Waals surface area contributed by atoms with Gasteiger partial charge in [-0.25, -0.2) is 0 Å². The predicted octanol–water partition coefficient (Wildman–Crippen LogP) is 0.579. The van der Waals surface area contributed by atoms with Crippen LogP contribution in [0.5, 0.6) is 5.75 Å². The van der Waals surface area contributed by atoms with Crippen LogP contribution in [0.25, 0.3) is 0 Å². The van der Waals surface area contributed by atoms with E-state index in [2.05, 4.69) is 0 Å². The minimum atomic E-state index is -4.60. The zero-order valence-corrected chi connectivity index (χ0v) is 8.19. The number of hydrogen-bond acceptors (Lipinski definition) is 4. The first-order valence-corrected chi connectivity index (χ1v) is 5.27. The highest BCUT2D eigenvalue weighted by Crippen LogP contribution is 2.29. The van der Waals surface area contributed by atoms with E-state index < -0.39 is 15.6 Å². The Bertz CT molecular complexity index is 437. The second-order valence-corrected chi connectivity index (χ2v) is 4.36. The molecule has 0 aliphatic rings. The first-order valence-electron chi connectivity index (χ1n) is 3.77. The van der Waals surface area contributed by atoms with Gasteiger partial charge in [-0.2, -0.15) is 8.42 Å². The maximum Gasteiger partial charge on any atom is 0.296 e. The van der Waals surface area contributed by atoms with Crippen molar-refractivity contribution in [3.63, 3.8) is 0 Å². The number of rotatable bonds is 2. The maximum absolute atomic E-state index is 10.6. The number of para-hydroxylation sites is 1. The second-order valence-electron chi connectivity index (χ2n) is 2.88. The van der Waals surface area contributed by atoms with Crippen LogP contribution in [0.2, 0.25) is 0 Å². The quantitative estimate of drug-likeness (QED) is 0.631. The topological polar surface area (TPSA) is 94.8 Å². The Morgan fingerprint density at radius 1 is 1.36 bits per heavy atom. The lowest BCUT2D eigenvalue weighted by molar-refractivity contribution is 0.233. The Morgan fingerprint density at radius 2 is 1.93 bits per heavy atom. The molecule has 0 aromatic heterocycles. The van der Waals surface area contributed by atoms with Crippen LogP contribution in [0.4, 0.5) is 0 Å². The molecular formula is C8H10O5S. The van der Waals surface area contributed by atoms with Crippen molar-refractivity contribution in [2.75, 3.05) is 0 Å². The SMILES string of the molecule is Cc1cccc([C@@H](O)S(=O)(=O)O)c1O. The zero-order valence-electron chi connectivity index (χ0n) is 7.38. The summed E-state index contributed by atoms with van der Waals surface area (Å²) in [5.41, 5.74) is -1.92. The molecule has 14 heavy (non-hydrogen) atoms. The third kappa shape index (κ3) is 2.03. The Labute approximate surface area is 81.4 Å². The van der Waals surface area contributed by atoms with E-state index in [4.69, 9.17) is 9.66 Å². The largest absolute Gasteiger partial charge is 0.507 e. The van der Waals surface area contributed by atoms with Gasteiger partial charge in [0.05, 0.1) is 0 Å². The number of phenolic OH excluding ortho intramolecular Hbond substituents is 1. The lowest BCUT2D eigenvalue weighted by Gasteiger charge is -2.10. The van der Waals surface area contributed by atoms with Crippen molar-refractivity contribution < 1.29 is 23.2 Å². The van der Waals surface area contributed by atoms with Crippen LogP contribution in [0.1, 0.15) is 16.6 Å². The average Bonchev–Trinajstić information content (AvgIpc) is 2.07. The molecule has 0 radical (unpaired) electrons. The minimum Gasteiger partial charge on any atom is -0.507 e. The van der Waals surface area contributed by atoms with Crippen molar-refractivity contribution in [1.29, 1.82) is 0 Å². The molecule has 5 nitrogen and oxygen atoms in total. The molecule has 0 spiro atoms. The van der Waals surface area contributed by atoms with E-state index in [1.807, 2.05) is 0 Å². The number of aryl methyl sites for hydroxylation is 1. The van der Waals surface area contributed by atoms with Crippen molar-refractivity contribution in [2.45, 2.75) is 12.4 Å². The summed E-state index contributed by atoms with van der Waals surface area (Å²) in [5.74, 6) is -0.336. The fourth-order valence-corrected chi connectivity index (χ4v) is 1.55. The molecule has 0 saturated carbocycles. The van der Waals surface area contributed by atoms with Crippen LogP contribution in [0.3, 0.4) is 0 Å². The molecule has 1 aromatic carbocycles. The van der Waals surface area contributed by atoms with Gasteiger partial charge in [0.2, 0.25) is 5.44 Å². The maximum atomic E-state index is 10.6. The van der Waals surface area contributed by atoms with E-state index in [-0.39, 0.29) is 11.3 Å². The van der Waals surface area contributed by atoms with Crippen LogP contribution < -0.4 is 0 Å². The molecule has 78 valence electrons. The fraction of sp³-hybridized carbons (Fsp3) is 0.250. The molecule has 1 atom stereocenters. The van der Waals surface area contributed by atoms with E-state index >= 15 is 0 Å². The summed E-state index contributed by atoms with van der Waals surface area (Å²) in [6, 6.07) is 4.25. The van der Waals surface area contributed by atoms with Gasteiger partial charge in [-0.05, 0) is 12.5 Å². The minimum absolute atomic E-state index is 0.229. The monoisotopic (exact) mass is 218 g/mol. The summed E-state index contributed by atoms with van der Waals surface area (Å²) < 4.78 is 29.7. The van der Waals surface area contributed by atoms with E-state index in [0.717, 1.165) is 0 Å². The van der Waals surface area contributed by atoms with E-state index in [1.54, 1.807) is 13.0 Å². The van der Waals surface area contributed by atoms with Gasteiger partial charge >= 0.3 is 0 Å². The zero-order chi connectivity index (χ0) is 10.9.